The van der Waals surface area contributed by atoms with Crippen LogP contribution >= 0.6 is 35.3 Å². The number of nitrogens with one attached hydrogen (secondary N) is 1. The molecule has 7 heteroatoms. The van der Waals surface area contributed by atoms with Crippen molar-refractivity contribution in [1.82, 2.24) is 15.2 Å². The number of guanidine groups is 1. The first-order chi connectivity index (χ1) is 12.7. The Morgan fingerprint density at radius 2 is 2.07 bits per heavy atom. The van der Waals surface area contributed by atoms with Crippen molar-refractivity contribution in [1.29, 1.82) is 0 Å². The highest BCUT2D eigenvalue weighted by Gasteiger charge is 2.13. The second-order valence-electron chi connectivity index (χ2n) is 7.14. The van der Waals surface area contributed by atoms with Crippen LogP contribution in [-0.2, 0) is 11.3 Å². The second-order valence-corrected chi connectivity index (χ2v) is 8.20. The fraction of sp³-hybridized carbons (Fsp3) is 0.800. The summed E-state index contributed by atoms with van der Waals surface area (Å²) in [7, 11) is 2.08. The van der Waals surface area contributed by atoms with Crippen LogP contribution in [0.2, 0.25) is 0 Å². The maximum Gasteiger partial charge on any atom is 0.194 e. The van der Waals surface area contributed by atoms with E-state index >= 15 is 0 Å². The minimum Gasteiger partial charge on any atom is -0.378 e. The quantitative estimate of drug-likeness (QED) is 0.210. The molecule has 5 nitrogen and oxygen atoms in total. The molecule has 1 aliphatic rings. The summed E-state index contributed by atoms with van der Waals surface area (Å²) >= 11 is 1.70. The lowest BCUT2D eigenvalue weighted by atomic mass is 9.98. The first-order valence-electron chi connectivity index (χ1n) is 10.2. The number of ether oxygens (including phenoxy) is 1. The number of halogens is 1. The standard InChI is InChI=1S/C20H36N4OS.HI/c1-4-21-20(24(3)15-18-16-26-17(2)23-18)22-13-9-6-10-14-25-19-11-7-5-8-12-19;/h16,19H,4-15H2,1-3H3,(H,21,22);1H. The number of hydrogen-bond acceptors (Lipinski definition) is 4. The van der Waals surface area contributed by atoms with E-state index in [4.69, 9.17) is 9.73 Å². The van der Waals surface area contributed by atoms with E-state index in [1.54, 1.807) is 11.3 Å². The predicted octanol–water partition coefficient (Wildman–Crippen LogP) is 4.99. The van der Waals surface area contributed by atoms with Crippen molar-refractivity contribution < 1.29 is 4.74 Å². The number of nitrogens with zero attached hydrogens (tertiary/aromatic N) is 3. The summed E-state index contributed by atoms with van der Waals surface area (Å²) in [5.74, 6) is 0.969. The Labute approximate surface area is 186 Å². The van der Waals surface area contributed by atoms with Crippen LogP contribution in [0, 0.1) is 6.92 Å². The Bertz CT molecular complexity index is 532. The Morgan fingerprint density at radius 3 is 2.74 bits per heavy atom. The Balaban J connectivity index is 0.00000364. The maximum absolute atomic E-state index is 5.99. The molecule has 0 unspecified atom stereocenters. The normalized spacial score (nSPS) is 15.4. The molecule has 0 saturated heterocycles. The SMILES string of the molecule is CCNC(=NCCCCCOC1CCCCC1)N(C)Cc1csc(C)n1.I. The third kappa shape index (κ3) is 10.1. The number of hydrogen-bond donors (Lipinski definition) is 1. The molecule has 1 N–H and O–H groups in total. The van der Waals surface area contributed by atoms with Gasteiger partial charge in [0.1, 0.15) is 0 Å². The first-order valence-corrected chi connectivity index (χ1v) is 11.1. The Morgan fingerprint density at radius 1 is 1.30 bits per heavy atom. The minimum atomic E-state index is 0. The summed E-state index contributed by atoms with van der Waals surface area (Å²) in [6.07, 6.45) is 10.6. The molecule has 0 amide bonds. The molecule has 1 saturated carbocycles. The predicted molar refractivity (Wildman–Crippen MR) is 126 cm³/mol. The van der Waals surface area contributed by atoms with Crippen molar-refractivity contribution in [3.8, 4) is 0 Å². The van der Waals surface area contributed by atoms with Gasteiger partial charge in [0.15, 0.2) is 5.96 Å². The number of thiazole rings is 1. The zero-order chi connectivity index (χ0) is 18.6. The van der Waals surface area contributed by atoms with Crippen molar-refractivity contribution in [2.45, 2.75) is 77.9 Å². The highest BCUT2D eigenvalue weighted by molar-refractivity contribution is 14.0. The van der Waals surface area contributed by atoms with Crippen LogP contribution in [-0.4, -0.2) is 48.7 Å². The van der Waals surface area contributed by atoms with Crippen LogP contribution in [0.5, 0.6) is 0 Å². The van der Waals surface area contributed by atoms with Gasteiger partial charge in [0.05, 0.1) is 23.4 Å². The molecular weight excluding hydrogens is 471 g/mol. The zero-order valence-corrected chi connectivity index (χ0v) is 20.4. The van der Waals surface area contributed by atoms with E-state index in [-0.39, 0.29) is 24.0 Å². The van der Waals surface area contributed by atoms with Crippen LogP contribution < -0.4 is 5.32 Å². The van der Waals surface area contributed by atoms with Crippen molar-refractivity contribution in [3.63, 3.8) is 0 Å². The molecule has 1 aromatic rings. The van der Waals surface area contributed by atoms with Crippen LogP contribution in [0.1, 0.15) is 69.0 Å². The first kappa shape index (κ1) is 24.6. The average molecular weight is 509 g/mol. The Kier molecular flexibility index (Phi) is 13.3. The van der Waals surface area contributed by atoms with Crippen LogP contribution in [0.25, 0.3) is 0 Å². The maximum atomic E-state index is 5.99. The van der Waals surface area contributed by atoms with Gasteiger partial charge in [-0.3, -0.25) is 4.99 Å². The largest absolute Gasteiger partial charge is 0.378 e. The van der Waals surface area contributed by atoms with Gasteiger partial charge in [-0.2, -0.15) is 0 Å². The van der Waals surface area contributed by atoms with Gasteiger partial charge in [0, 0.05) is 32.1 Å². The van der Waals surface area contributed by atoms with Crippen molar-refractivity contribution >= 4 is 41.3 Å². The highest BCUT2D eigenvalue weighted by Crippen LogP contribution is 2.20. The number of aryl methyl sites for hydroxylation is 1. The third-order valence-corrected chi connectivity index (χ3v) is 5.55. The topological polar surface area (TPSA) is 49.8 Å². The van der Waals surface area contributed by atoms with Crippen molar-refractivity contribution in [2.24, 2.45) is 4.99 Å². The molecule has 1 heterocycles. The smallest absolute Gasteiger partial charge is 0.194 e. The lowest BCUT2D eigenvalue weighted by Crippen LogP contribution is -2.38. The summed E-state index contributed by atoms with van der Waals surface area (Å²) < 4.78 is 5.99. The number of unbranched alkanes of at least 4 members (excludes halogenated alkanes) is 2. The molecule has 156 valence electrons. The van der Waals surface area contributed by atoms with Gasteiger partial charge < -0.3 is 15.0 Å². The van der Waals surface area contributed by atoms with Crippen LogP contribution in [0.3, 0.4) is 0 Å². The van der Waals surface area contributed by atoms with Crippen LogP contribution in [0.15, 0.2) is 10.4 Å². The second kappa shape index (κ2) is 14.6. The lowest BCUT2D eigenvalue weighted by Gasteiger charge is -2.22. The molecule has 0 aliphatic heterocycles. The van der Waals surface area contributed by atoms with Gasteiger partial charge in [-0.25, -0.2) is 4.98 Å². The zero-order valence-electron chi connectivity index (χ0n) is 17.2. The Hall–Kier alpha value is -0.410. The highest BCUT2D eigenvalue weighted by atomic mass is 127. The minimum absolute atomic E-state index is 0. The summed E-state index contributed by atoms with van der Waals surface area (Å²) in [6, 6.07) is 0. The molecule has 2 rings (SSSR count). The van der Waals surface area contributed by atoms with Gasteiger partial charge in [-0.15, -0.1) is 35.3 Å². The summed E-state index contributed by atoms with van der Waals surface area (Å²) in [5, 5.41) is 6.62. The van der Waals surface area contributed by atoms with Gasteiger partial charge in [0.2, 0.25) is 0 Å². The molecule has 27 heavy (non-hydrogen) atoms. The van der Waals surface area contributed by atoms with E-state index in [0.717, 1.165) is 55.7 Å². The monoisotopic (exact) mass is 508 g/mol. The fourth-order valence-corrected chi connectivity index (χ4v) is 3.93. The number of rotatable bonds is 10. The molecule has 1 aliphatic carbocycles. The van der Waals surface area contributed by atoms with Crippen molar-refractivity contribution in [2.75, 3.05) is 26.7 Å². The van der Waals surface area contributed by atoms with E-state index < -0.39 is 0 Å². The molecule has 0 atom stereocenters. The van der Waals surface area contributed by atoms with E-state index in [2.05, 4.69) is 34.6 Å². The van der Waals surface area contributed by atoms with E-state index in [1.165, 1.54) is 38.5 Å². The molecule has 1 aromatic heterocycles. The lowest BCUT2D eigenvalue weighted by molar-refractivity contribution is 0.0264. The molecule has 0 aromatic carbocycles. The molecule has 0 bridgehead atoms. The summed E-state index contributed by atoms with van der Waals surface area (Å²) in [6.45, 7) is 7.62. The number of aliphatic imine (C=N–C) groups is 1. The third-order valence-electron chi connectivity index (χ3n) is 4.73. The molecule has 0 spiro atoms. The van der Waals surface area contributed by atoms with Crippen LogP contribution in [0.4, 0.5) is 0 Å². The molecular formula is C20H37IN4OS. The van der Waals surface area contributed by atoms with E-state index in [9.17, 15) is 0 Å². The molecule has 0 radical (unpaired) electrons. The van der Waals surface area contributed by atoms with Gasteiger partial charge >= 0.3 is 0 Å². The fourth-order valence-electron chi connectivity index (χ4n) is 3.33. The van der Waals surface area contributed by atoms with Crippen molar-refractivity contribution in [3.05, 3.63) is 16.1 Å². The number of aromatic nitrogens is 1. The van der Waals surface area contributed by atoms with E-state index in [1.807, 2.05) is 6.92 Å². The summed E-state index contributed by atoms with van der Waals surface area (Å²) in [4.78, 5) is 11.5. The van der Waals surface area contributed by atoms with Gasteiger partial charge in [0.25, 0.3) is 0 Å². The summed E-state index contributed by atoms with van der Waals surface area (Å²) in [5.41, 5.74) is 1.11. The van der Waals surface area contributed by atoms with Gasteiger partial charge in [-0.1, -0.05) is 19.3 Å². The van der Waals surface area contributed by atoms with Gasteiger partial charge in [-0.05, 0) is 46.0 Å². The van der Waals surface area contributed by atoms with E-state index in [0.29, 0.717) is 6.10 Å². The average Bonchev–Trinajstić information content (AvgIpc) is 3.05. The molecule has 1 fully saturated rings.